The Balaban J connectivity index is 1.54. The summed E-state index contributed by atoms with van der Waals surface area (Å²) in [5, 5.41) is 27.1. The van der Waals surface area contributed by atoms with E-state index in [1.54, 1.807) is 13.8 Å². The number of methoxy groups -OCH3 is 1. The number of nitrogens with one attached hydrogen (secondary N) is 2. The van der Waals surface area contributed by atoms with Crippen LogP contribution in [0.2, 0.25) is 0 Å². The number of carbonyl (C=O) groups excluding carboxylic acids is 3. The molecule has 6 N–H and O–H groups in total. The molecule has 4 heterocycles. The van der Waals surface area contributed by atoms with E-state index < -0.39 is 73.5 Å². The van der Waals surface area contributed by atoms with Crippen LogP contribution in [0.15, 0.2) is 6.33 Å². The molecule has 2 fully saturated rings. The number of hydrogen-bond donors (Lipinski definition) is 5. The summed E-state index contributed by atoms with van der Waals surface area (Å²) >= 11 is 0.686. The minimum Gasteiger partial charge on any atom is -0.479 e. The number of ether oxygens (including phenoxy) is 3. The SMILES string of the molecule is COc1nc(N)nc2c1ncn2[C@@H]1O[C@H](COP(=O)(N[C@H](C)C(=O)OC(C)C)SCC2C(=O)NC(=O)N2C)[C@@H](O)[C@@]1(C)O. The van der Waals surface area contributed by atoms with Crippen molar-refractivity contribution < 1.29 is 47.9 Å². The van der Waals surface area contributed by atoms with Gasteiger partial charge in [-0.3, -0.25) is 24.0 Å². The molecule has 0 bridgehead atoms. The van der Waals surface area contributed by atoms with E-state index in [0.717, 1.165) is 4.90 Å². The third-order valence-corrected chi connectivity index (χ3v) is 10.9. The van der Waals surface area contributed by atoms with Crippen LogP contribution in [0.4, 0.5) is 10.7 Å². The van der Waals surface area contributed by atoms with E-state index in [9.17, 15) is 29.2 Å². The molecule has 18 nitrogen and oxygen atoms in total. The number of aliphatic hydroxyl groups is 2. The van der Waals surface area contributed by atoms with Crippen molar-refractivity contribution in [3.8, 4) is 5.88 Å². The molecule has 43 heavy (non-hydrogen) atoms. The third-order valence-electron chi connectivity index (χ3n) is 6.80. The molecular formula is C23H35N8O10PS. The number of urea groups is 1. The first-order valence-corrected chi connectivity index (χ1v) is 16.3. The number of esters is 1. The van der Waals surface area contributed by atoms with E-state index in [1.165, 1.54) is 38.9 Å². The molecule has 2 aliphatic rings. The maximum absolute atomic E-state index is 14.0. The summed E-state index contributed by atoms with van der Waals surface area (Å²) in [4.78, 5) is 50.1. The number of nitrogens with two attached hydrogens (primary N) is 1. The number of anilines is 1. The minimum atomic E-state index is -4.05. The summed E-state index contributed by atoms with van der Waals surface area (Å²) in [7, 11) is 2.79. The number of rotatable bonds is 12. The van der Waals surface area contributed by atoms with E-state index >= 15 is 0 Å². The summed E-state index contributed by atoms with van der Waals surface area (Å²) in [5.41, 5.74) is 4.27. The van der Waals surface area contributed by atoms with Gasteiger partial charge in [0.25, 0.3) is 5.91 Å². The average Bonchev–Trinajstić information content (AvgIpc) is 3.52. The number of nitrogens with zero attached hydrogens (tertiary/aromatic N) is 5. The third kappa shape index (κ3) is 6.72. The van der Waals surface area contributed by atoms with Gasteiger partial charge in [0.15, 0.2) is 17.4 Å². The molecule has 2 unspecified atom stereocenters. The highest BCUT2D eigenvalue weighted by molar-refractivity contribution is 8.56. The first-order chi connectivity index (χ1) is 20.1. The van der Waals surface area contributed by atoms with Crippen molar-refractivity contribution in [3.05, 3.63) is 6.33 Å². The van der Waals surface area contributed by atoms with Gasteiger partial charge in [0.1, 0.15) is 29.9 Å². The quantitative estimate of drug-likeness (QED) is 0.114. The van der Waals surface area contributed by atoms with E-state index in [2.05, 4.69) is 25.4 Å². The van der Waals surface area contributed by atoms with Crippen LogP contribution in [0.5, 0.6) is 5.88 Å². The van der Waals surface area contributed by atoms with Crippen molar-refractivity contribution in [2.45, 2.75) is 69.9 Å². The molecule has 2 aromatic heterocycles. The number of imide groups is 1. The lowest BCUT2D eigenvalue weighted by Crippen LogP contribution is -2.44. The predicted octanol–water partition coefficient (Wildman–Crippen LogP) is -0.236. The number of likely N-dealkylation sites (N-methyl/N-ethyl adjacent to an activating group) is 1. The molecule has 2 saturated heterocycles. The largest absolute Gasteiger partial charge is 0.479 e. The molecule has 7 atom stereocenters. The first kappa shape index (κ1) is 32.8. The number of amides is 3. The highest BCUT2D eigenvalue weighted by Crippen LogP contribution is 2.57. The second-order valence-electron chi connectivity index (χ2n) is 10.5. The highest BCUT2D eigenvalue weighted by atomic mass is 32.7. The molecule has 4 rings (SSSR count). The summed E-state index contributed by atoms with van der Waals surface area (Å²) in [5.74, 6) is -1.46. The van der Waals surface area contributed by atoms with Crippen molar-refractivity contribution in [2.75, 3.05) is 32.3 Å². The number of carbonyl (C=O) groups is 3. The predicted molar refractivity (Wildman–Crippen MR) is 152 cm³/mol. The van der Waals surface area contributed by atoms with Crippen LogP contribution in [-0.2, 0) is 28.2 Å². The van der Waals surface area contributed by atoms with Crippen molar-refractivity contribution in [1.82, 2.24) is 34.8 Å². The molecule has 0 saturated carbocycles. The second-order valence-corrected chi connectivity index (χ2v) is 14.8. The number of nitrogen functional groups attached to an aromatic ring is 1. The fourth-order valence-electron chi connectivity index (χ4n) is 4.46. The molecule has 0 spiro atoms. The van der Waals surface area contributed by atoms with Gasteiger partial charge >= 0.3 is 18.7 Å². The summed E-state index contributed by atoms with van der Waals surface area (Å²) < 4.78 is 37.5. The number of aromatic nitrogens is 4. The van der Waals surface area contributed by atoms with Gasteiger partial charge in [0.2, 0.25) is 11.8 Å². The van der Waals surface area contributed by atoms with Crippen LogP contribution in [0.1, 0.15) is 33.9 Å². The van der Waals surface area contributed by atoms with Gasteiger partial charge in [-0.25, -0.2) is 14.9 Å². The van der Waals surface area contributed by atoms with Crippen molar-refractivity contribution in [2.24, 2.45) is 0 Å². The van der Waals surface area contributed by atoms with Crippen molar-refractivity contribution in [1.29, 1.82) is 0 Å². The van der Waals surface area contributed by atoms with Crippen LogP contribution in [0, 0.1) is 0 Å². The topological polar surface area (TPSA) is 243 Å². The second kappa shape index (κ2) is 12.5. The van der Waals surface area contributed by atoms with Gasteiger partial charge in [-0.05, 0) is 27.7 Å². The summed E-state index contributed by atoms with van der Waals surface area (Å²) in [6.45, 7) is 1.49. The fraction of sp³-hybridized carbons (Fsp3) is 0.652. The molecule has 2 aliphatic heterocycles. The van der Waals surface area contributed by atoms with E-state index in [0.29, 0.717) is 11.4 Å². The Kier molecular flexibility index (Phi) is 9.55. The van der Waals surface area contributed by atoms with Crippen LogP contribution in [0.3, 0.4) is 0 Å². The molecular weight excluding hydrogens is 611 g/mol. The molecule has 3 amide bonds. The van der Waals surface area contributed by atoms with Gasteiger partial charge in [0, 0.05) is 12.8 Å². The lowest BCUT2D eigenvalue weighted by molar-refractivity contribution is -0.149. The van der Waals surface area contributed by atoms with E-state index in [4.69, 9.17) is 24.5 Å². The van der Waals surface area contributed by atoms with Crippen LogP contribution in [0.25, 0.3) is 11.2 Å². The number of fused-ring (bicyclic) bond motifs is 1. The maximum Gasteiger partial charge on any atom is 0.327 e. The Morgan fingerprint density at radius 3 is 2.65 bits per heavy atom. The number of imidazole rings is 1. The lowest BCUT2D eigenvalue weighted by atomic mass is 9.96. The van der Waals surface area contributed by atoms with Crippen LogP contribution < -0.4 is 20.9 Å². The molecule has 2 aromatic rings. The van der Waals surface area contributed by atoms with Crippen LogP contribution in [-0.4, -0.2) is 115 Å². The lowest BCUT2D eigenvalue weighted by Gasteiger charge is -2.27. The van der Waals surface area contributed by atoms with Gasteiger partial charge in [-0.15, -0.1) is 0 Å². The average molecular weight is 647 g/mol. The summed E-state index contributed by atoms with van der Waals surface area (Å²) in [6, 6.07) is -2.66. The van der Waals surface area contributed by atoms with E-state index in [-0.39, 0.29) is 28.7 Å². The smallest absolute Gasteiger partial charge is 0.327 e. The van der Waals surface area contributed by atoms with Gasteiger partial charge in [-0.2, -0.15) is 9.97 Å². The highest BCUT2D eigenvalue weighted by Gasteiger charge is 2.54. The van der Waals surface area contributed by atoms with Crippen molar-refractivity contribution >= 4 is 53.1 Å². The van der Waals surface area contributed by atoms with Gasteiger partial charge < -0.3 is 39.6 Å². The fourth-order valence-corrected chi connectivity index (χ4v) is 8.43. The Hall–Kier alpha value is -3.06. The zero-order valence-corrected chi connectivity index (χ0v) is 26.0. The minimum absolute atomic E-state index is 0.0942. The Morgan fingerprint density at radius 2 is 2.05 bits per heavy atom. The Morgan fingerprint density at radius 1 is 1.35 bits per heavy atom. The van der Waals surface area contributed by atoms with E-state index in [1.807, 2.05) is 0 Å². The first-order valence-electron chi connectivity index (χ1n) is 13.1. The maximum atomic E-state index is 14.0. The monoisotopic (exact) mass is 646 g/mol. The normalized spacial score (nSPS) is 27.9. The number of aliphatic hydroxyl groups excluding tert-OH is 1. The zero-order valence-electron chi connectivity index (χ0n) is 24.3. The Bertz CT molecular complexity index is 1440. The molecule has 0 radical (unpaired) electrons. The molecule has 0 aliphatic carbocycles. The van der Waals surface area contributed by atoms with Crippen LogP contribution >= 0.6 is 18.1 Å². The zero-order chi connectivity index (χ0) is 31.9. The van der Waals surface area contributed by atoms with Gasteiger partial charge in [-0.1, -0.05) is 11.4 Å². The summed E-state index contributed by atoms with van der Waals surface area (Å²) in [6.07, 6.45) is -3.16. The van der Waals surface area contributed by atoms with Gasteiger partial charge in [0.05, 0.1) is 26.1 Å². The molecule has 0 aromatic carbocycles. The molecule has 20 heteroatoms. The number of hydrogen-bond acceptors (Lipinski definition) is 15. The Labute approximate surface area is 250 Å². The standard InChI is InChI=1S/C23H35N8O10PS/c1-10(2)40-19(34)11(3)29-42(37,43-8-12-17(33)27-22(35)30(12)5)39-7-13-15(32)23(4,36)20(41-13)31-9-25-14-16(31)26-21(24)28-18(14)38-6/h9-13,15,20,32,36H,7-8H2,1-6H3,(H,29,37)(H2,24,26,28)(H,27,33,35)/t11-,12?,13-,15-,20-,23-,42?/m1/s1. The van der Waals surface area contributed by atoms with Crippen molar-refractivity contribution in [3.63, 3.8) is 0 Å². The molecule has 238 valence electrons.